The molecule has 14 heavy (non-hydrogen) atoms. The molecule has 1 aromatic rings. The highest BCUT2D eigenvalue weighted by Gasteiger charge is 2.17. The van der Waals surface area contributed by atoms with Gasteiger partial charge in [0.05, 0.1) is 0 Å². The molecule has 2 rings (SSSR count). The lowest BCUT2D eigenvalue weighted by Crippen LogP contribution is -2.10. The molecule has 0 fully saturated rings. The van der Waals surface area contributed by atoms with Crippen LogP contribution < -0.4 is 0 Å². The van der Waals surface area contributed by atoms with Crippen LogP contribution >= 0.6 is 0 Å². The number of rotatable bonds is 2. The number of aromatic hydroxyl groups is 1. The van der Waals surface area contributed by atoms with Crippen LogP contribution in [0.3, 0.4) is 0 Å². The highest BCUT2D eigenvalue weighted by Crippen LogP contribution is 2.20. The van der Waals surface area contributed by atoms with E-state index in [1.807, 2.05) is 12.1 Å². The maximum Gasteiger partial charge on any atom is 0.331 e. The summed E-state index contributed by atoms with van der Waals surface area (Å²) in [6.07, 6.45) is 3.39. The lowest BCUT2D eigenvalue weighted by Gasteiger charge is -2.09. The highest BCUT2D eigenvalue weighted by atomic mass is 16.5. The van der Waals surface area contributed by atoms with Crippen molar-refractivity contribution in [1.82, 2.24) is 0 Å². The van der Waals surface area contributed by atoms with Crippen molar-refractivity contribution in [3.05, 3.63) is 42.0 Å². The van der Waals surface area contributed by atoms with E-state index in [0.717, 1.165) is 5.56 Å². The average molecular weight is 190 g/mol. The van der Waals surface area contributed by atoms with E-state index in [1.54, 1.807) is 18.2 Å². The van der Waals surface area contributed by atoms with Crippen molar-refractivity contribution in [1.29, 1.82) is 0 Å². The SMILES string of the molecule is O=C1C=CC(Cc2ccccc2O)O1. The number of phenols is 1. The normalized spacial score (nSPS) is 19.7. The maximum atomic E-state index is 10.8. The first-order valence-corrected chi connectivity index (χ1v) is 4.41. The summed E-state index contributed by atoms with van der Waals surface area (Å²) >= 11 is 0. The number of phenolic OH excluding ortho intramolecular Hbond substituents is 1. The molecule has 72 valence electrons. The van der Waals surface area contributed by atoms with Gasteiger partial charge in [0.1, 0.15) is 11.9 Å². The van der Waals surface area contributed by atoms with Gasteiger partial charge < -0.3 is 9.84 Å². The third-order valence-electron chi connectivity index (χ3n) is 2.13. The van der Waals surface area contributed by atoms with Gasteiger partial charge in [-0.05, 0) is 17.7 Å². The Morgan fingerprint density at radius 1 is 1.36 bits per heavy atom. The third-order valence-corrected chi connectivity index (χ3v) is 2.13. The Balaban J connectivity index is 2.08. The van der Waals surface area contributed by atoms with E-state index in [9.17, 15) is 9.90 Å². The number of benzene rings is 1. The van der Waals surface area contributed by atoms with Gasteiger partial charge in [-0.2, -0.15) is 0 Å². The first-order valence-electron chi connectivity index (χ1n) is 4.41. The minimum atomic E-state index is -0.314. The molecular weight excluding hydrogens is 180 g/mol. The molecule has 0 aliphatic carbocycles. The summed E-state index contributed by atoms with van der Waals surface area (Å²) in [5.74, 6) is -0.0748. The number of cyclic esters (lactones) is 1. The van der Waals surface area contributed by atoms with Crippen molar-refractivity contribution in [3.63, 3.8) is 0 Å². The minimum Gasteiger partial charge on any atom is -0.508 e. The predicted molar refractivity (Wildman–Crippen MR) is 50.8 cm³/mol. The molecule has 0 spiro atoms. The lowest BCUT2D eigenvalue weighted by molar-refractivity contribution is -0.138. The molecule has 1 atom stereocenters. The fourth-order valence-corrected chi connectivity index (χ4v) is 1.42. The number of carbonyl (C=O) groups excluding carboxylic acids is 1. The zero-order chi connectivity index (χ0) is 9.97. The molecule has 0 aromatic heterocycles. The Hall–Kier alpha value is -1.77. The van der Waals surface area contributed by atoms with Crippen molar-refractivity contribution in [2.24, 2.45) is 0 Å². The van der Waals surface area contributed by atoms with Crippen molar-refractivity contribution >= 4 is 5.97 Å². The van der Waals surface area contributed by atoms with Gasteiger partial charge in [0.2, 0.25) is 0 Å². The maximum absolute atomic E-state index is 10.8. The summed E-state index contributed by atoms with van der Waals surface area (Å²) in [5, 5.41) is 9.47. The van der Waals surface area contributed by atoms with Gasteiger partial charge in [0.25, 0.3) is 0 Å². The van der Waals surface area contributed by atoms with Gasteiger partial charge in [0.15, 0.2) is 0 Å². The molecule has 0 radical (unpaired) electrons. The van der Waals surface area contributed by atoms with E-state index in [2.05, 4.69) is 0 Å². The van der Waals surface area contributed by atoms with E-state index in [-0.39, 0.29) is 17.8 Å². The van der Waals surface area contributed by atoms with Crippen molar-refractivity contribution in [3.8, 4) is 5.75 Å². The zero-order valence-corrected chi connectivity index (χ0v) is 7.51. The van der Waals surface area contributed by atoms with Gasteiger partial charge in [-0.25, -0.2) is 4.79 Å². The summed E-state index contributed by atoms with van der Waals surface area (Å²) in [5.41, 5.74) is 0.789. The van der Waals surface area contributed by atoms with Gasteiger partial charge >= 0.3 is 5.97 Å². The molecule has 0 amide bonds. The quantitative estimate of drug-likeness (QED) is 0.717. The molecule has 1 heterocycles. The predicted octanol–water partition coefficient (Wildman–Crippen LogP) is 1.42. The average Bonchev–Trinajstić information content (AvgIpc) is 2.56. The standard InChI is InChI=1S/C11H10O3/c12-10-4-2-1-3-8(10)7-9-5-6-11(13)14-9/h1-6,9,12H,7H2. The van der Waals surface area contributed by atoms with Crippen LogP contribution in [0.2, 0.25) is 0 Å². The largest absolute Gasteiger partial charge is 0.508 e. The van der Waals surface area contributed by atoms with Gasteiger partial charge in [-0.3, -0.25) is 0 Å². The molecule has 1 aliphatic rings. The van der Waals surface area contributed by atoms with Crippen LogP contribution in [-0.4, -0.2) is 17.2 Å². The Labute approximate surface area is 81.6 Å². The molecule has 0 saturated carbocycles. The number of carbonyl (C=O) groups is 1. The summed E-state index contributed by atoms with van der Waals surface area (Å²) in [6, 6.07) is 7.04. The summed E-state index contributed by atoms with van der Waals surface area (Å²) in [4.78, 5) is 10.8. The van der Waals surface area contributed by atoms with Crippen LogP contribution in [0.5, 0.6) is 5.75 Å². The smallest absolute Gasteiger partial charge is 0.331 e. The zero-order valence-electron chi connectivity index (χ0n) is 7.51. The number of hydrogen-bond acceptors (Lipinski definition) is 3. The molecule has 1 aromatic carbocycles. The number of para-hydroxylation sites is 1. The van der Waals surface area contributed by atoms with Crippen molar-refractivity contribution < 1.29 is 14.6 Å². The molecule has 3 nitrogen and oxygen atoms in total. The molecular formula is C11H10O3. The second-order valence-corrected chi connectivity index (χ2v) is 3.17. The molecule has 1 N–H and O–H groups in total. The van der Waals surface area contributed by atoms with Crippen LogP contribution in [0.1, 0.15) is 5.56 Å². The topological polar surface area (TPSA) is 46.5 Å². The van der Waals surface area contributed by atoms with E-state index in [1.165, 1.54) is 6.08 Å². The Kier molecular flexibility index (Phi) is 2.23. The van der Waals surface area contributed by atoms with Crippen LogP contribution in [0.25, 0.3) is 0 Å². The molecule has 1 aliphatic heterocycles. The molecule has 3 heteroatoms. The summed E-state index contributed by atoms with van der Waals surface area (Å²) in [7, 11) is 0. The Morgan fingerprint density at radius 3 is 2.79 bits per heavy atom. The fraction of sp³-hybridized carbons (Fsp3) is 0.182. The van der Waals surface area contributed by atoms with E-state index in [0.29, 0.717) is 6.42 Å². The molecule has 1 unspecified atom stereocenters. The summed E-state index contributed by atoms with van der Waals surface area (Å²) < 4.78 is 4.96. The lowest BCUT2D eigenvalue weighted by atomic mass is 10.1. The first kappa shape index (κ1) is 8.81. The number of esters is 1. The number of hydrogen-bond donors (Lipinski definition) is 1. The second-order valence-electron chi connectivity index (χ2n) is 3.17. The van der Waals surface area contributed by atoms with E-state index < -0.39 is 0 Å². The Bertz CT molecular complexity index is 382. The van der Waals surface area contributed by atoms with Gasteiger partial charge in [0, 0.05) is 12.5 Å². The van der Waals surface area contributed by atoms with E-state index >= 15 is 0 Å². The molecule has 0 bridgehead atoms. The van der Waals surface area contributed by atoms with Crippen molar-refractivity contribution in [2.75, 3.05) is 0 Å². The fourth-order valence-electron chi connectivity index (χ4n) is 1.42. The number of ether oxygens (including phenoxy) is 1. The van der Waals surface area contributed by atoms with E-state index in [4.69, 9.17) is 4.74 Å². The molecule has 0 saturated heterocycles. The monoisotopic (exact) mass is 190 g/mol. The highest BCUT2D eigenvalue weighted by molar-refractivity contribution is 5.84. The first-order chi connectivity index (χ1) is 6.75. The summed E-state index contributed by atoms with van der Waals surface area (Å²) in [6.45, 7) is 0. The van der Waals surface area contributed by atoms with Crippen LogP contribution in [0.4, 0.5) is 0 Å². The van der Waals surface area contributed by atoms with Crippen LogP contribution in [-0.2, 0) is 16.0 Å². The van der Waals surface area contributed by atoms with Gasteiger partial charge in [-0.1, -0.05) is 18.2 Å². The third kappa shape index (κ3) is 1.76. The Morgan fingerprint density at radius 2 is 2.14 bits per heavy atom. The van der Waals surface area contributed by atoms with Gasteiger partial charge in [-0.15, -0.1) is 0 Å². The van der Waals surface area contributed by atoms with Crippen molar-refractivity contribution in [2.45, 2.75) is 12.5 Å². The minimum absolute atomic E-state index is 0.240. The second kappa shape index (κ2) is 3.54. The van der Waals surface area contributed by atoms with Crippen LogP contribution in [0.15, 0.2) is 36.4 Å². The van der Waals surface area contributed by atoms with Crippen LogP contribution in [0, 0.1) is 0 Å².